The number of nitrogens with zero attached hydrogens (tertiary/aromatic N) is 2. The summed E-state index contributed by atoms with van der Waals surface area (Å²) in [5.41, 5.74) is 4.16. The normalized spacial score (nSPS) is 21.1. The van der Waals surface area contributed by atoms with Crippen molar-refractivity contribution in [3.63, 3.8) is 0 Å². The Labute approximate surface area is 207 Å². The largest absolute Gasteiger partial charge is 0.389 e. The molecule has 0 radical (unpaired) electrons. The second-order valence-corrected chi connectivity index (χ2v) is 9.40. The number of nitrogens with one attached hydrogen (secondary N) is 1. The molecule has 1 unspecified atom stereocenters. The van der Waals surface area contributed by atoms with E-state index in [0.717, 1.165) is 18.7 Å². The molecule has 1 atom stereocenters. The molecule has 2 aliphatic heterocycles. The van der Waals surface area contributed by atoms with E-state index in [2.05, 4.69) is 112 Å². The molecular weight excluding hydrogens is 434 g/mol. The topological polar surface area (TPSA) is 55.8 Å². The Bertz CT molecular complexity index is 1050. The first-order valence-electron chi connectivity index (χ1n) is 12.5. The summed E-state index contributed by atoms with van der Waals surface area (Å²) in [4.78, 5) is 16.5. The summed E-state index contributed by atoms with van der Waals surface area (Å²) in [5, 5.41) is 13.8. The van der Waals surface area contributed by atoms with Crippen molar-refractivity contribution in [2.45, 2.75) is 18.1 Å². The minimum Gasteiger partial charge on any atom is -0.389 e. The third kappa shape index (κ3) is 4.80. The molecule has 2 fully saturated rings. The van der Waals surface area contributed by atoms with Gasteiger partial charge in [-0.15, -0.1) is 0 Å². The van der Waals surface area contributed by atoms with E-state index < -0.39 is 11.6 Å². The van der Waals surface area contributed by atoms with E-state index in [1.165, 1.54) is 16.7 Å². The zero-order valence-electron chi connectivity index (χ0n) is 20.0. The van der Waals surface area contributed by atoms with Gasteiger partial charge in [-0.05, 0) is 28.7 Å². The maximum atomic E-state index is 11.8. The van der Waals surface area contributed by atoms with Gasteiger partial charge in [-0.2, -0.15) is 0 Å². The van der Waals surface area contributed by atoms with Crippen LogP contribution in [0.25, 0.3) is 0 Å². The Morgan fingerprint density at radius 2 is 1.37 bits per heavy atom. The van der Waals surface area contributed by atoms with Crippen LogP contribution in [-0.4, -0.2) is 66.2 Å². The lowest BCUT2D eigenvalue weighted by Gasteiger charge is -2.48. The second-order valence-electron chi connectivity index (χ2n) is 9.40. The fourth-order valence-electron chi connectivity index (χ4n) is 5.53. The molecule has 0 aliphatic carbocycles. The number of amides is 1. The van der Waals surface area contributed by atoms with Gasteiger partial charge >= 0.3 is 0 Å². The van der Waals surface area contributed by atoms with Gasteiger partial charge in [-0.1, -0.05) is 97.1 Å². The first-order chi connectivity index (χ1) is 17.2. The van der Waals surface area contributed by atoms with Gasteiger partial charge in [0, 0.05) is 32.7 Å². The van der Waals surface area contributed by atoms with E-state index in [9.17, 15) is 9.90 Å². The Morgan fingerprint density at radius 1 is 0.829 bits per heavy atom. The molecule has 0 aromatic heterocycles. The van der Waals surface area contributed by atoms with Gasteiger partial charge in [0.05, 0.1) is 18.2 Å². The number of aliphatic hydroxyl groups is 1. The first kappa shape index (κ1) is 23.5. The standard InChI is InChI=1S/C30H33N3O2/c34-28-17-20-33(22-24(28)16-19-32-21-18-31-29(35)23-32)30(25-10-4-1-5-11-25,26-12-6-2-7-13-26)27-14-8-3-9-15-27/h1-16,28,34H,17-23H2,(H,31,35). The second kappa shape index (κ2) is 10.6. The number of hydrogen-bond donors (Lipinski definition) is 2. The van der Waals surface area contributed by atoms with Crippen molar-refractivity contribution in [1.82, 2.24) is 15.1 Å². The molecule has 5 heteroatoms. The van der Waals surface area contributed by atoms with Crippen molar-refractivity contribution in [1.29, 1.82) is 0 Å². The molecule has 2 N–H and O–H groups in total. The first-order valence-corrected chi connectivity index (χ1v) is 12.5. The van der Waals surface area contributed by atoms with Gasteiger partial charge in [0.25, 0.3) is 0 Å². The van der Waals surface area contributed by atoms with E-state index in [4.69, 9.17) is 0 Å². The van der Waals surface area contributed by atoms with Crippen LogP contribution in [0.5, 0.6) is 0 Å². The smallest absolute Gasteiger partial charge is 0.234 e. The Hall–Kier alpha value is -3.25. The quantitative estimate of drug-likeness (QED) is 0.431. The maximum Gasteiger partial charge on any atom is 0.234 e. The van der Waals surface area contributed by atoms with Gasteiger partial charge < -0.3 is 10.4 Å². The average Bonchev–Trinajstić information content (AvgIpc) is 2.91. The van der Waals surface area contributed by atoms with Crippen LogP contribution in [0.15, 0.2) is 103 Å². The Morgan fingerprint density at radius 3 is 1.89 bits per heavy atom. The minimum absolute atomic E-state index is 0.0664. The fourth-order valence-corrected chi connectivity index (χ4v) is 5.53. The zero-order valence-corrected chi connectivity index (χ0v) is 20.0. The van der Waals surface area contributed by atoms with Gasteiger partial charge in [0.1, 0.15) is 0 Å². The summed E-state index contributed by atoms with van der Waals surface area (Å²) >= 11 is 0. The molecule has 2 aliphatic rings. The van der Waals surface area contributed by atoms with Crippen molar-refractivity contribution in [3.05, 3.63) is 119 Å². The van der Waals surface area contributed by atoms with Crippen LogP contribution in [0.2, 0.25) is 0 Å². The molecule has 0 spiro atoms. The monoisotopic (exact) mass is 467 g/mol. The lowest BCUT2D eigenvalue weighted by Crippen LogP contribution is -2.53. The van der Waals surface area contributed by atoms with Gasteiger partial charge in [0.15, 0.2) is 0 Å². The predicted molar refractivity (Wildman–Crippen MR) is 139 cm³/mol. The molecular formula is C30H33N3O2. The summed E-state index contributed by atoms with van der Waals surface area (Å²) in [6.07, 6.45) is 2.34. The molecule has 1 amide bonds. The van der Waals surface area contributed by atoms with Crippen molar-refractivity contribution < 1.29 is 9.90 Å². The molecule has 3 aromatic carbocycles. The lowest BCUT2D eigenvalue weighted by molar-refractivity contribution is -0.123. The molecule has 0 saturated carbocycles. The van der Waals surface area contributed by atoms with Crippen LogP contribution in [0, 0.1) is 0 Å². The Balaban J connectivity index is 1.57. The summed E-state index contributed by atoms with van der Waals surface area (Å²) in [6.45, 7) is 4.00. The Kier molecular flexibility index (Phi) is 7.09. The van der Waals surface area contributed by atoms with Crippen molar-refractivity contribution in [3.8, 4) is 0 Å². The van der Waals surface area contributed by atoms with Gasteiger partial charge in [-0.3, -0.25) is 14.6 Å². The number of rotatable bonds is 6. The summed E-state index contributed by atoms with van der Waals surface area (Å²) < 4.78 is 0. The maximum absolute atomic E-state index is 11.8. The molecule has 5 rings (SSSR count). The lowest BCUT2D eigenvalue weighted by atomic mass is 9.74. The highest BCUT2D eigenvalue weighted by molar-refractivity contribution is 5.78. The minimum atomic E-state index is -0.492. The SMILES string of the molecule is O=C1CN(CC=C2CN(C(c3ccccc3)(c3ccccc3)c3ccccc3)CCC2O)CCN1. The molecule has 5 nitrogen and oxygen atoms in total. The number of piperazine rings is 1. The molecule has 35 heavy (non-hydrogen) atoms. The van der Waals surface area contributed by atoms with Crippen molar-refractivity contribution in [2.24, 2.45) is 0 Å². The van der Waals surface area contributed by atoms with E-state index in [0.29, 0.717) is 32.6 Å². The fraction of sp³-hybridized carbons (Fsp3) is 0.300. The van der Waals surface area contributed by atoms with Crippen LogP contribution in [0.3, 0.4) is 0 Å². The highest BCUT2D eigenvalue weighted by Gasteiger charge is 2.44. The van der Waals surface area contributed by atoms with Gasteiger partial charge in [-0.25, -0.2) is 0 Å². The molecule has 180 valence electrons. The van der Waals surface area contributed by atoms with Crippen LogP contribution < -0.4 is 5.32 Å². The molecule has 0 bridgehead atoms. The molecule has 2 saturated heterocycles. The van der Waals surface area contributed by atoms with Crippen LogP contribution in [0.1, 0.15) is 23.1 Å². The number of carbonyl (C=O) groups is 1. The van der Waals surface area contributed by atoms with E-state index in [1.807, 2.05) is 0 Å². The number of aliphatic hydroxyl groups excluding tert-OH is 1. The summed E-state index contributed by atoms with van der Waals surface area (Å²) in [5.74, 6) is 0.0664. The number of benzene rings is 3. The predicted octanol–water partition coefficient (Wildman–Crippen LogP) is 3.40. The summed E-state index contributed by atoms with van der Waals surface area (Å²) in [6, 6.07) is 32.1. The zero-order chi connectivity index (χ0) is 24.1. The van der Waals surface area contributed by atoms with E-state index in [1.54, 1.807) is 0 Å². The van der Waals surface area contributed by atoms with E-state index >= 15 is 0 Å². The number of carbonyl (C=O) groups excluding carboxylic acids is 1. The van der Waals surface area contributed by atoms with Gasteiger partial charge in [0.2, 0.25) is 5.91 Å². The highest BCUT2D eigenvalue weighted by atomic mass is 16.3. The number of piperidine rings is 1. The van der Waals surface area contributed by atoms with Crippen molar-refractivity contribution in [2.75, 3.05) is 39.3 Å². The number of hydrogen-bond acceptors (Lipinski definition) is 4. The molecule has 2 heterocycles. The summed E-state index contributed by atoms with van der Waals surface area (Å²) in [7, 11) is 0. The van der Waals surface area contributed by atoms with Crippen molar-refractivity contribution >= 4 is 5.91 Å². The highest BCUT2D eigenvalue weighted by Crippen LogP contribution is 2.44. The third-order valence-corrected chi connectivity index (χ3v) is 7.25. The van der Waals surface area contributed by atoms with Crippen LogP contribution in [0.4, 0.5) is 0 Å². The van der Waals surface area contributed by atoms with E-state index in [-0.39, 0.29) is 5.91 Å². The van der Waals surface area contributed by atoms with Crippen LogP contribution >= 0.6 is 0 Å². The number of likely N-dealkylation sites (tertiary alicyclic amines) is 1. The average molecular weight is 468 g/mol. The van der Waals surface area contributed by atoms with Crippen LogP contribution in [-0.2, 0) is 10.3 Å². The third-order valence-electron chi connectivity index (χ3n) is 7.25. The molecule has 3 aromatic rings.